The number of tetrazole rings is 1. The van der Waals surface area contributed by atoms with Crippen molar-refractivity contribution in [1.29, 1.82) is 0 Å². The standard InChI is InChI=1S/C24H22F4N4O3/c25-16-3-6-19(20(26)7-16)23(33,13-32-14-29-30-31-32)24(27,28)22-10-21(11-22,12-22)15-1-4-17(5-2-15)34-8-18-9-35-18/h1-7,14,18,33H,8-13H2/t18-,21?,22?,23?/m0/s1. The Kier molecular flexibility index (Phi) is 4.79. The molecule has 1 aliphatic heterocycles. The van der Waals surface area contributed by atoms with Crippen LogP contribution in [0.15, 0.2) is 48.8 Å². The van der Waals surface area contributed by atoms with Gasteiger partial charge in [-0.3, -0.25) is 0 Å². The molecule has 184 valence electrons. The molecule has 0 amide bonds. The van der Waals surface area contributed by atoms with E-state index in [1.165, 1.54) is 0 Å². The highest BCUT2D eigenvalue weighted by atomic mass is 19.3. The van der Waals surface area contributed by atoms with Crippen molar-refractivity contribution >= 4 is 0 Å². The zero-order valence-corrected chi connectivity index (χ0v) is 18.5. The molecule has 3 saturated carbocycles. The second-order valence-electron chi connectivity index (χ2n) is 9.95. The third kappa shape index (κ3) is 3.35. The number of epoxide rings is 1. The van der Waals surface area contributed by atoms with Crippen LogP contribution >= 0.6 is 0 Å². The Hall–Kier alpha value is -3.05. The van der Waals surface area contributed by atoms with E-state index >= 15 is 8.78 Å². The molecule has 4 fully saturated rings. The summed E-state index contributed by atoms with van der Waals surface area (Å²) in [6.07, 6.45) is 1.58. The number of aliphatic hydroxyl groups is 1. The van der Waals surface area contributed by atoms with Crippen molar-refractivity contribution in [2.45, 2.75) is 48.8 Å². The highest BCUT2D eigenvalue weighted by molar-refractivity contribution is 5.44. The van der Waals surface area contributed by atoms with E-state index in [2.05, 4.69) is 15.5 Å². The SMILES string of the molecule is OC(Cn1cnnn1)(c1ccc(F)cc1F)C(F)(F)C12CC(c3ccc(OC[C@H]4CO4)cc3)(C1)C2. The molecule has 1 saturated heterocycles. The highest BCUT2D eigenvalue weighted by Gasteiger charge is 2.82. The maximum atomic E-state index is 16.2. The Balaban J connectivity index is 1.26. The molecule has 1 aromatic heterocycles. The second-order valence-corrected chi connectivity index (χ2v) is 9.95. The Labute approximate surface area is 197 Å². The lowest BCUT2D eigenvalue weighted by atomic mass is 9.30. The number of rotatable bonds is 9. The molecule has 11 heteroatoms. The van der Waals surface area contributed by atoms with E-state index in [1.54, 1.807) is 0 Å². The number of hydrogen-bond acceptors (Lipinski definition) is 6. The predicted molar refractivity (Wildman–Crippen MR) is 113 cm³/mol. The van der Waals surface area contributed by atoms with Gasteiger partial charge in [0, 0.05) is 17.0 Å². The molecule has 7 rings (SSSR count). The van der Waals surface area contributed by atoms with Crippen LogP contribution in [0.25, 0.3) is 0 Å². The fraction of sp³-hybridized carbons (Fsp3) is 0.458. The van der Waals surface area contributed by atoms with Gasteiger partial charge in [-0.05, 0) is 64.9 Å². The smallest absolute Gasteiger partial charge is 0.287 e. The molecule has 7 nitrogen and oxygen atoms in total. The molecule has 2 heterocycles. The largest absolute Gasteiger partial charge is 0.491 e. The van der Waals surface area contributed by atoms with Crippen molar-refractivity contribution in [3.8, 4) is 5.75 Å². The average molecular weight is 490 g/mol. The second kappa shape index (κ2) is 7.47. The van der Waals surface area contributed by atoms with E-state index in [9.17, 15) is 13.9 Å². The summed E-state index contributed by atoms with van der Waals surface area (Å²) in [6, 6.07) is 9.56. The normalized spacial score (nSPS) is 28.5. The minimum atomic E-state index is -3.75. The van der Waals surface area contributed by atoms with Gasteiger partial charge < -0.3 is 14.6 Å². The minimum absolute atomic E-state index is 0.129. The molecule has 2 aromatic carbocycles. The number of hydrogen-bond donors (Lipinski definition) is 1. The summed E-state index contributed by atoms with van der Waals surface area (Å²) in [7, 11) is 0. The third-order valence-corrected chi connectivity index (χ3v) is 7.68. The Bertz CT molecular complexity index is 1230. The Morgan fingerprint density at radius 1 is 1.11 bits per heavy atom. The van der Waals surface area contributed by atoms with Crippen LogP contribution in [0.2, 0.25) is 0 Å². The molecule has 0 radical (unpaired) electrons. The van der Waals surface area contributed by atoms with Gasteiger partial charge in [0.25, 0.3) is 5.92 Å². The topological polar surface area (TPSA) is 85.6 Å². The maximum absolute atomic E-state index is 16.2. The van der Waals surface area contributed by atoms with Crippen molar-refractivity contribution < 1.29 is 32.1 Å². The van der Waals surface area contributed by atoms with E-state index in [0.29, 0.717) is 25.0 Å². The average Bonchev–Trinajstić information content (AvgIpc) is 3.45. The van der Waals surface area contributed by atoms with E-state index in [1.807, 2.05) is 24.3 Å². The zero-order valence-electron chi connectivity index (χ0n) is 18.5. The van der Waals surface area contributed by atoms with Crippen LogP contribution < -0.4 is 4.74 Å². The van der Waals surface area contributed by atoms with Gasteiger partial charge in [-0.15, -0.1) is 5.10 Å². The molecule has 1 unspecified atom stereocenters. The van der Waals surface area contributed by atoms with Crippen LogP contribution in [-0.4, -0.2) is 50.6 Å². The molecular weight excluding hydrogens is 468 g/mol. The van der Waals surface area contributed by atoms with Gasteiger partial charge >= 0.3 is 0 Å². The van der Waals surface area contributed by atoms with Gasteiger partial charge in [0.15, 0.2) is 5.60 Å². The summed E-state index contributed by atoms with van der Waals surface area (Å²) in [5.41, 5.74) is -4.73. The number of benzene rings is 2. The van der Waals surface area contributed by atoms with Crippen LogP contribution in [0.3, 0.4) is 0 Å². The minimum Gasteiger partial charge on any atom is -0.491 e. The number of alkyl halides is 2. The van der Waals surface area contributed by atoms with Crippen molar-refractivity contribution in [2.75, 3.05) is 13.2 Å². The zero-order chi connectivity index (χ0) is 24.5. The highest BCUT2D eigenvalue weighted by Crippen LogP contribution is 2.80. The molecule has 2 atom stereocenters. The molecular formula is C24H22F4N4O3. The summed E-state index contributed by atoms with van der Waals surface area (Å²) in [4.78, 5) is 0. The Morgan fingerprint density at radius 2 is 1.83 bits per heavy atom. The van der Waals surface area contributed by atoms with Crippen LogP contribution in [0.1, 0.15) is 30.4 Å². The van der Waals surface area contributed by atoms with E-state index in [4.69, 9.17) is 9.47 Å². The summed E-state index contributed by atoms with van der Waals surface area (Å²) < 4.78 is 72.3. The first-order chi connectivity index (χ1) is 16.7. The summed E-state index contributed by atoms with van der Waals surface area (Å²) in [5.74, 6) is -5.26. The number of aromatic nitrogens is 4. The number of nitrogens with zero attached hydrogens (tertiary/aromatic N) is 4. The van der Waals surface area contributed by atoms with E-state index < -0.39 is 46.1 Å². The molecule has 35 heavy (non-hydrogen) atoms. The molecule has 3 aliphatic carbocycles. The molecule has 0 spiro atoms. The summed E-state index contributed by atoms with van der Waals surface area (Å²) >= 11 is 0. The van der Waals surface area contributed by atoms with Crippen LogP contribution in [-0.2, 0) is 22.3 Å². The summed E-state index contributed by atoms with van der Waals surface area (Å²) in [5, 5.41) is 21.8. The van der Waals surface area contributed by atoms with Crippen molar-refractivity contribution in [3.63, 3.8) is 0 Å². The first-order valence-corrected chi connectivity index (χ1v) is 11.3. The summed E-state index contributed by atoms with van der Waals surface area (Å²) in [6.45, 7) is 0.375. The number of ether oxygens (including phenoxy) is 2. The predicted octanol–water partition coefficient (Wildman–Crippen LogP) is 3.37. The first-order valence-electron chi connectivity index (χ1n) is 11.3. The van der Waals surface area contributed by atoms with Gasteiger partial charge in [-0.25, -0.2) is 22.2 Å². The molecule has 4 aliphatic rings. The fourth-order valence-corrected chi connectivity index (χ4v) is 5.79. The van der Waals surface area contributed by atoms with Crippen LogP contribution in [0.5, 0.6) is 5.75 Å². The van der Waals surface area contributed by atoms with Gasteiger partial charge in [-0.1, -0.05) is 12.1 Å². The Morgan fingerprint density at radius 3 is 2.43 bits per heavy atom. The van der Waals surface area contributed by atoms with Crippen LogP contribution in [0.4, 0.5) is 17.6 Å². The van der Waals surface area contributed by atoms with Gasteiger partial charge in [-0.2, -0.15) is 0 Å². The maximum Gasteiger partial charge on any atom is 0.287 e. The van der Waals surface area contributed by atoms with Gasteiger partial charge in [0.2, 0.25) is 0 Å². The van der Waals surface area contributed by atoms with Crippen molar-refractivity contribution in [1.82, 2.24) is 20.2 Å². The van der Waals surface area contributed by atoms with Crippen molar-refractivity contribution in [3.05, 3.63) is 71.6 Å². The first kappa shape index (κ1) is 22.4. The van der Waals surface area contributed by atoms with Gasteiger partial charge in [0.1, 0.15) is 36.4 Å². The van der Waals surface area contributed by atoms with E-state index in [0.717, 1.165) is 28.7 Å². The van der Waals surface area contributed by atoms with Crippen LogP contribution in [0, 0.1) is 17.0 Å². The van der Waals surface area contributed by atoms with Crippen molar-refractivity contribution in [2.24, 2.45) is 5.41 Å². The lowest BCUT2D eigenvalue weighted by Gasteiger charge is -2.74. The quantitative estimate of drug-likeness (QED) is 0.366. The monoisotopic (exact) mass is 490 g/mol. The molecule has 2 bridgehead atoms. The number of halogens is 4. The van der Waals surface area contributed by atoms with Gasteiger partial charge in [0.05, 0.1) is 13.2 Å². The molecule has 3 aromatic rings. The lowest BCUT2D eigenvalue weighted by Crippen LogP contribution is -2.76. The fourth-order valence-electron chi connectivity index (χ4n) is 5.79. The third-order valence-electron chi connectivity index (χ3n) is 7.68. The van der Waals surface area contributed by atoms with E-state index in [-0.39, 0.29) is 25.4 Å². The molecule has 1 N–H and O–H groups in total. The lowest BCUT2D eigenvalue weighted by molar-refractivity contribution is -0.347.